The van der Waals surface area contributed by atoms with Crippen molar-refractivity contribution in [1.29, 1.82) is 0 Å². The molecule has 0 heterocycles. The third-order valence-corrected chi connectivity index (χ3v) is 4.71. The lowest BCUT2D eigenvalue weighted by atomic mass is 10.0. The van der Waals surface area contributed by atoms with Gasteiger partial charge in [0, 0.05) is 21.2 Å². The average molecular weight is 363 g/mol. The Balaban J connectivity index is 1.75. The number of ketones is 1. The van der Waals surface area contributed by atoms with Gasteiger partial charge in [-0.2, -0.15) is 0 Å². The van der Waals surface area contributed by atoms with Gasteiger partial charge in [-0.3, -0.25) is 9.59 Å². The predicted molar refractivity (Wildman–Crippen MR) is 98.0 cm³/mol. The quantitative estimate of drug-likeness (QED) is 0.400. The van der Waals surface area contributed by atoms with Crippen LogP contribution in [-0.4, -0.2) is 24.1 Å². The summed E-state index contributed by atoms with van der Waals surface area (Å²) in [7, 11) is 0. The lowest BCUT2D eigenvalue weighted by Crippen LogP contribution is -2.15. The molecule has 0 N–H and O–H groups in total. The summed E-state index contributed by atoms with van der Waals surface area (Å²) in [6.07, 6.45) is 0.257. The van der Waals surface area contributed by atoms with Crippen LogP contribution < -0.4 is 0 Å². The molecule has 3 nitrogen and oxygen atoms in total. The van der Waals surface area contributed by atoms with Gasteiger partial charge in [-0.1, -0.05) is 29.3 Å². The van der Waals surface area contributed by atoms with Crippen LogP contribution in [0.15, 0.2) is 47.4 Å². The Morgan fingerprint density at radius 3 is 2.50 bits per heavy atom. The van der Waals surface area contributed by atoms with Crippen LogP contribution in [0.2, 0.25) is 5.02 Å². The molecule has 0 aromatic heterocycles. The number of aryl methyl sites for hydroxylation is 2. The number of halogens is 1. The van der Waals surface area contributed by atoms with E-state index in [4.69, 9.17) is 16.3 Å². The summed E-state index contributed by atoms with van der Waals surface area (Å²) in [5, 5.41) is 0.684. The molecule has 0 bridgehead atoms. The third kappa shape index (κ3) is 5.69. The highest BCUT2D eigenvalue weighted by Crippen LogP contribution is 2.21. The molecule has 24 heavy (non-hydrogen) atoms. The van der Waals surface area contributed by atoms with Gasteiger partial charge >= 0.3 is 5.97 Å². The van der Waals surface area contributed by atoms with Gasteiger partial charge in [0.2, 0.25) is 5.78 Å². The minimum Gasteiger partial charge on any atom is -0.457 e. The Hall–Kier alpha value is -1.78. The SMILES string of the molecule is Cc1ccc(C)c(C(=O)COC(=O)CCSc2ccc(Cl)cc2)c1. The first-order chi connectivity index (χ1) is 11.5. The van der Waals surface area contributed by atoms with Crippen molar-refractivity contribution in [2.45, 2.75) is 25.2 Å². The van der Waals surface area contributed by atoms with Crippen molar-refractivity contribution in [2.75, 3.05) is 12.4 Å². The van der Waals surface area contributed by atoms with Crippen LogP contribution in [0.5, 0.6) is 0 Å². The minimum atomic E-state index is -0.366. The minimum absolute atomic E-state index is 0.171. The number of esters is 1. The summed E-state index contributed by atoms with van der Waals surface area (Å²) in [5.41, 5.74) is 2.51. The molecule has 0 spiro atoms. The first-order valence-electron chi connectivity index (χ1n) is 7.60. The maximum absolute atomic E-state index is 12.2. The molecule has 0 aliphatic rings. The number of benzene rings is 2. The van der Waals surface area contributed by atoms with Crippen LogP contribution in [0.1, 0.15) is 27.9 Å². The lowest BCUT2D eigenvalue weighted by molar-refractivity contribution is -0.141. The molecule has 2 aromatic rings. The standard InChI is InChI=1S/C19H19ClO3S/c1-13-3-4-14(2)17(11-13)18(21)12-23-19(22)9-10-24-16-7-5-15(20)6-8-16/h3-8,11H,9-10,12H2,1-2H3. The molecule has 0 aliphatic heterocycles. The molecular formula is C19H19ClO3S. The Kier molecular flexibility index (Phi) is 6.88. The molecule has 5 heteroatoms. The van der Waals surface area contributed by atoms with Gasteiger partial charge in [0.1, 0.15) is 0 Å². The fourth-order valence-corrected chi connectivity index (χ4v) is 3.07. The van der Waals surface area contributed by atoms with Gasteiger partial charge in [-0.25, -0.2) is 0 Å². The topological polar surface area (TPSA) is 43.4 Å². The van der Waals surface area contributed by atoms with Gasteiger partial charge in [0.05, 0.1) is 6.42 Å². The summed E-state index contributed by atoms with van der Waals surface area (Å²) < 4.78 is 5.09. The van der Waals surface area contributed by atoms with Gasteiger partial charge in [-0.15, -0.1) is 11.8 Å². The fourth-order valence-electron chi connectivity index (χ4n) is 2.12. The predicted octanol–water partition coefficient (Wildman–Crippen LogP) is 4.87. The van der Waals surface area contributed by atoms with E-state index < -0.39 is 0 Å². The van der Waals surface area contributed by atoms with Crippen LogP contribution in [0.4, 0.5) is 0 Å². The van der Waals surface area contributed by atoms with Crippen molar-refractivity contribution in [1.82, 2.24) is 0 Å². The second kappa shape index (κ2) is 8.90. The van der Waals surface area contributed by atoms with Gasteiger partial charge in [0.25, 0.3) is 0 Å². The monoisotopic (exact) mass is 362 g/mol. The molecule has 0 fully saturated rings. The van der Waals surface area contributed by atoms with Crippen molar-refractivity contribution in [3.8, 4) is 0 Å². The summed E-state index contributed by atoms with van der Waals surface area (Å²) in [4.78, 5) is 25.0. The fraction of sp³-hybridized carbons (Fsp3) is 0.263. The van der Waals surface area contributed by atoms with E-state index in [1.807, 2.05) is 56.3 Å². The van der Waals surface area contributed by atoms with Crippen LogP contribution in [0.25, 0.3) is 0 Å². The third-order valence-electron chi connectivity index (χ3n) is 3.45. The second-order valence-electron chi connectivity index (χ2n) is 5.45. The van der Waals surface area contributed by atoms with E-state index in [2.05, 4.69) is 0 Å². The molecule has 2 rings (SSSR count). The number of thioether (sulfide) groups is 1. The molecule has 0 aliphatic carbocycles. The van der Waals surface area contributed by atoms with E-state index in [1.54, 1.807) is 11.8 Å². The number of hydrogen-bond acceptors (Lipinski definition) is 4. The van der Waals surface area contributed by atoms with E-state index >= 15 is 0 Å². The van der Waals surface area contributed by atoms with Crippen LogP contribution in [0.3, 0.4) is 0 Å². The van der Waals surface area contributed by atoms with Crippen LogP contribution >= 0.6 is 23.4 Å². The molecule has 0 unspecified atom stereocenters. The maximum atomic E-state index is 12.2. The zero-order valence-electron chi connectivity index (χ0n) is 13.7. The summed E-state index contributed by atoms with van der Waals surface area (Å²) in [5.74, 6) is 0.0584. The Labute approximate surface area is 151 Å². The lowest BCUT2D eigenvalue weighted by Gasteiger charge is -2.07. The van der Waals surface area contributed by atoms with E-state index in [0.717, 1.165) is 16.0 Å². The molecule has 0 radical (unpaired) electrons. The zero-order chi connectivity index (χ0) is 17.5. The largest absolute Gasteiger partial charge is 0.457 e. The first-order valence-corrected chi connectivity index (χ1v) is 8.96. The number of hydrogen-bond donors (Lipinski definition) is 0. The number of carbonyl (C=O) groups is 2. The van der Waals surface area contributed by atoms with E-state index in [-0.39, 0.29) is 24.8 Å². The molecule has 0 atom stereocenters. The van der Waals surface area contributed by atoms with Crippen molar-refractivity contribution < 1.29 is 14.3 Å². The maximum Gasteiger partial charge on any atom is 0.307 e. The van der Waals surface area contributed by atoms with Gasteiger partial charge < -0.3 is 4.74 Å². The highest BCUT2D eigenvalue weighted by molar-refractivity contribution is 7.99. The van der Waals surface area contributed by atoms with Crippen molar-refractivity contribution >= 4 is 35.1 Å². The van der Waals surface area contributed by atoms with Crippen LogP contribution in [-0.2, 0) is 9.53 Å². The van der Waals surface area contributed by atoms with Gasteiger partial charge in [-0.05, 0) is 49.7 Å². The van der Waals surface area contributed by atoms with Gasteiger partial charge in [0.15, 0.2) is 6.61 Å². The van der Waals surface area contributed by atoms with Crippen LogP contribution in [0, 0.1) is 13.8 Å². The van der Waals surface area contributed by atoms with E-state index in [0.29, 0.717) is 16.3 Å². The van der Waals surface area contributed by atoms with Crippen molar-refractivity contribution in [2.24, 2.45) is 0 Å². The molecule has 0 saturated heterocycles. The Morgan fingerprint density at radius 2 is 1.79 bits per heavy atom. The van der Waals surface area contributed by atoms with Crippen molar-refractivity contribution in [3.05, 3.63) is 64.2 Å². The average Bonchev–Trinajstić information content (AvgIpc) is 2.56. The highest BCUT2D eigenvalue weighted by Gasteiger charge is 2.12. The normalized spacial score (nSPS) is 10.5. The highest BCUT2D eigenvalue weighted by atomic mass is 35.5. The smallest absolute Gasteiger partial charge is 0.307 e. The zero-order valence-corrected chi connectivity index (χ0v) is 15.2. The number of rotatable bonds is 7. The summed E-state index contributed by atoms with van der Waals surface area (Å²) >= 11 is 7.37. The number of ether oxygens (including phenoxy) is 1. The summed E-state index contributed by atoms with van der Waals surface area (Å²) in [6.45, 7) is 3.59. The molecule has 126 valence electrons. The summed E-state index contributed by atoms with van der Waals surface area (Å²) in [6, 6.07) is 13.1. The Bertz CT molecular complexity index is 726. The molecular weight excluding hydrogens is 344 g/mol. The molecule has 0 amide bonds. The number of carbonyl (C=O) groups excluding carboxylic acids is 2. The van der Waals surface area contributed by atoms with E-state index in [1.165, 1.54) is 0 Å². The Morgan fingerprint density at radius 1 is 1.08 bits per heavy atom. The first kappa shape index (κ1) is 18.6. The number of Topliss-reactive ketones (excluding diaryl/α,β-unsaturated/α-hetero) is 1. The van der Waals surface area contributed by atoms with Crippen molar-refractivity contribution in [3.63, 3.8) is 0 Å². The molecule has 2 aromatic carbocycles. The second-order valence-corrected chi connectivity index (χ2v) is 7.06. The van der Waals surface area contributed by atoms with E-state index in [9.17, 15) is 9.59 Å². The molecule has 0 saturated carbocycles.